The Kier molecular flexibility index (Phi) is 7.00. The lowest BCUT2D eigenvalue weighted by Crippen LogP contribution is -2.33. The summed E-state index contributed by atoms with van der Waals surface area (Å²) in [5.74, 6) is -0.310. The van der Waals surface area contributed by atoms with Crippen molar-refractivity contribution in [2.75, 3.05) is 0 Å². The van der Waals surface area contributed by atoms with E-state index in [-0.39, 0.29) is 5.82 Å². The number of pyridine rings is 1. The van der Waals surface area contributed by atoms with Gasteiger partial charge in [0.05, 0.1) is 17.4 Å². The van der Waals surface area contributed by atoms with E-state index in [9.17, 15) is 4.39 Å². The van der Waals surface area contributed by atoms with Crippen molar-refractivity contribution in [3.05, 3.63) is 29.8 Å². The predicted molar refractivity (Wildman–Crippen MR) is 78.3 cm³/mol. The van der Waals surface area contributed by atoms with Gasteiger partial charge in [-0.3, -0.25) is 4.98 Å². The van der Waals surface area contributed by atoms with Gasteiger partial charge in [-0.05, 0) is 25.5 Å². The highest BCUT2D eigenvalue weighted by Gasteiger charge is 2.21. The van der Waals surface area contributed by atoms with E-state index >= 15 is 0 Å². The van der Waals surface area contributed by atoms with E-state index in [1.54, 1.807) is 6.07 Å². The highest BCUT2D eigenvalue weighted by molar-refractivity contribution is 5.14. The first-order valence-electron chi connectivity index (χ1n) is 7.47. The molecule has 1 aromatic rings. The molecule has 0 saturated carbocycles. The molecule has 0 bridgehead atoms. The van der Waals surface area contributed by atoms with Crippen LogP contribution in [-0.2, 0) is 5.54 Å². The van der Waals surface area contributed by atoms with Crippen LogP contribution in [0.2, 0.25) is 0 Å². The van der Waals surface area contributed by atoms with Crippen molar-refractivity contribution < 1.29 is 4.39 Å². The molecular weight excluding hydrogens is 239 g/mol. The number of nitrogens with two attached hydrogens (primary N) is 1. The molecule has 0 aromatic carbocycles. The number of unbranched alkanes of at least 4 members (excludes halogenated alkanes) is 6. The van der Waals surface area contributed by atoms with Gasteiger partial charge in [0.1, 0.15) is 5.82 Å². The van der Waals surface area contributed by atoms with Crippen molar-refractivity contribution in [3.8, 4) is 0 Å². The molecule has 0 fully saturated rings. The molecule has 2 nitrogen and oxygen atoms in total. The first kappa shape index (κ1) is 16.1. The summed E-state index contributed by atoms with van der Waals surface area (Å²) in [7, 11) is 0. The van der Waals surface area contributed by atoms with Crippen LogP contribution in [0.4, 0.5) is 4.39 Å². The lowest BCUT2D eigenvalue weighted by Gasteiger charge is -2.23. The van der Waals surface area contributed by atoms with Crippen LogP contribution < -0.4 is 5.73 Å². The Morgan fingerprint density at radius 3 is 2.32 bits per heavy atom. The zero-order valence-corrected chi connectivity index (χ0v) is 12.3. The first-order valence-corrected chi connectivity index (χ1v) is 7.47. The highest BCUT2D eigenvalue weighted by atomic mass is 19.1. The van der Waals surface area contributed by atoms with Crippen molar-refractivity contribution in [3.63, 3.8) is 0 Å². The van der Waals surface area contributed by atoms with Gasteiger partial charge in [0.25, 0.3) is 0 Å². The summed E-state index contributed by atoms with van der Waals surface area (Å²) < 4.78 is 12.8. The van der Waals surface area contributed by atoms with Crippen molar-refractivity contribution >= 4 is 0 Å². The predicted octanol–water partition coefficient (Wildman–Crippen LogP) is 4.54. The topological polar surface area (TPSA) is 38.9 Å². The average molecular weight is 266 g/mol. The molecule has 1 atom stereocenters. The number of rotatable bonds is 9. The molecule has 0 saturated heterocycles. The molecule has 0 amide bonds. The monoisotopic (exact) mass is 266 g/mol. The Balaban J connectivity index is 2.25. The second-order valence-electron chi connectivity index (χ2n) is 5.65. The Bertz CT molecular complexity index is 346. The van der Waals surface area contributed by atoms with Crippen molar-refractivity contribution in [1.29, 1.82) is 0 Å². The zero-order chi connectivity index (χ0) is 14.1. The van der Waals surface area contributed by atoms with Gasteiger partial charge in [0, 0.05) is 0 Å². The van der Waals surface area contributed by atoms with E-state index in [1.807, 2.05) is 6.92 Å². The normalized spacial score (nSPS) is 14.3. The fourth-order valence-corrected chi connectivity index (χ4v) is 2.29. The van der Waals surface area contributed by atoms with E-state index in [0.29, 0.717) is 0 Å². The molecule has 3 heteroatoms. The van der Waals surface area contributed by atoms with Crippen LogP contribution in [0.25, 0.3) is 0 Å². The van der Waals surface area contributed by atoms with Gasteiger partial charge in [-0.25, -0.2) is 4.39 Å². The molecule has 0 aliphatic rings. The number of hydrogen-bond donors (Lipinski definition) is 1. The molecule has 0 aliphatic heterocycles. The number of nitrogens with zero attached hydrogens (tertiary/aromatic N) is 1. The lowest BCUT2D eigenvalue weighted by molar-refractivity contribution is 0.409. The first-order chi connectivity index (χ1) is 9.06. The van der Waals surface area contributed by atoms with E-state index in [1.165, 1.54) is 50.8 Å². The van der Waals surface area contributed by atoms with Crippen LogP contribution in [0.1, 0.15) is 70.9 Å². The second-order valence-corrected chi connectivity index (χ2v) is 5.65. The third-order valence-electron chi connectivity index (χ3n) is 3.61. The minimum Gasteiger partial charge on any atom is -0.320 e. The number of hydrogen-bond acceptors (Lipinski definition) is 2. The Morgan fingerprint density at radius 1 is 1.11 bits per heavy atom. The number of halogens is 1. The standard InChI is InChI=1S/C16H27FN2/c1-3-4-5-6-7-8-9-12-16(2,18)15-11-10-14(17)13-19-15/h10-11,13H,3-9,12,18H2,1-2H3. The van der Waals surface area contributed by atoms with Gasteiger partial charge >= 0.3 is 0 Å². The summed E-state index contributed by atoms with van der Waals surface area (Å²) in [6.45, 7) is 4.21. The fraction of sp³-hybridized carbons (Fsp3) is 0.688. The lowest BCUT2D eigenvalue weighted by atomic mass is 9.91. The Labute approximate surface area is 116 Å². The van der Waals surface area contributed by atoms with E-state index in [0.717, 1.165) is 18.5 Å². The van der Waals surface area contributed by atoms with E-state index in [2.05, 4.69) is 11.9 Å². The molecule has 2 N–H and O–H groups in total. The third kappa shape index (κ3) is 6.15. The van der Waals surface area contributed by atoms with Crippen LogP contribution in [0.3, 0.4) is 0 Å². The molecule has 108 valence electrons. The summed E-state index contributed by atoms with van der Waals surface area (Å²) in [5.41, 5.74) is 6.60. The molecule has 1 unspecified atom stereocenters. The van der Waals surface area contributed by atoms with Crippen LogP contribution in [0.15, 0.2) is 18.3 Å². The maximum absolute atomic E-state index is 12.8. The maximum Gasteiger partial charge on any atom is 0.141 e. The van der Waals surface area contributed by atoms with Crippen molar-refractivity contribution in [1.82, 2.24) is 4.98 Å². The summed E-state index contributed by atoms with van der Waals surface area (Å²) in [6.07, 6.45) is 11.1. The largest absolute Gasteiger partial charge is 0.320 e. The summed E-state index contributed by atoms with van der Waals surface area (Å²) in [6, 6.07) is 3.12. The van der Waals surface area contributed by atoms with Gasteiger partial charge in [-0.1, -0.05) is 51.9 Å². The third-order valence-corrected chi connectivity index (χ3v) is 3.61. The van der Waals surface area contributed by atoms with Gasteiger partial charge < -0.3 is 5.73 Å². The molecule has 0 aliphatic carbocycles. The molecule has 1 rings (SSSR count). The number of aromatic nitrogens is 1. The molecule has 0 spiro atoms. The van der Waals surface area contributed by atoms with Crippen molar-refractivity contribution in [2.24, 2.45) is 5.73 Å². The fourth-order valence-electron chi connectivity index (χ4n) is 2.29. The molecule has 19 heavy (non-hydrogen) atoms. The Morgan fingerprint density at radius 2 is 1.74 bits per heavy atom. The summed E-state index contributed by atoms with van der Waals surface area (Å²) in [4.78, 5) is 4.09. The van der Waals surface area contributed by atoms with Crippen LogP contribution in [-0.4, -0.2) is 4.98 Å². The smallest absolute Gasteiger partial charge is 0.141 e. The minimum absolute atomic E-state index is 0.310. The van der Waals surface area contributed by atoms with Gasteiger partial charge in [0.15, 0.2) is 0 Å². The minimum atomic E-state index is -0.447. The molecule has 1 aromatic heterocycles. The summed E-state index contributed by atoms with van der Waals surface area (Å²) >= 11 is 0. The van der Waals surface area contributed by atoms with Gasteiger partial charge in [-0.15, -0.1) is 0 Å². The molecular formula is C16H27FN2. The maximum atomic E-state index is 12.8. The average Bonchev–Trinajstić information content (AvgIpc) is 2.38. The SMILES string of the molecule is CCCCCCCCCC(C)(N)c1ccc(F)cn1. The molecule has 1 heterocycles. The molecule has 0 radical (unpaired) electrons. The summed E-state index contributed by atoms with van der Waals surface area (Å²) in [5, 5.41) is 0. The van der Waals surface area contributed by atoms with Crippen LogP contribution in [0.5, 0.6) is 0 Å². The quantitative estimate of drug-likeness (QED) is 0.667. The van der Waals surface area contributed by atoms with Gasteiger partial charge in [0.2, 0.25) is 0 Å². The van der Waals surface area contributed by atoms with Crippen molar-refractivity contribution in [2.45, 2.75) is 70.8 Å². The highest BCUT2D eigenvalue weighted by Crippen LogP contribution is 2.23. The van der Waals surface area contributed by atoms with Crippen LogP contribution in [0, 0.1) is 5.82 Å². The van der Waals surface area contributed by atoms with Gasteiger partial charge in [-0.2, -0.15) is 0 Å². The van der Waals surface area contributed by atoms with E-state index < -0.39 is 5.54 Å². The second kappa shape index (κ2) is 8.26. The Hall–Kier alpha value is -0.960. The zero-order valence-electron chi connectivity index (χ0n) is 12.3. The van der Waals surface area contributed by atoms with E-state index in [4.69, 9.17) is 5.73 Å². The van der Waals surface area contributed by atoms with Crippen LogP contribution >= 0.6 is 0 Å².